The van der Waals surface area contributed by atoms with Gasteiger partial charge in [0.25, 0.3) is 5.91 Å². The number of nitrogens with two attached hydrogens (primary N) is 1. The van der Waals surface area contributed by atoms with Crippen molar-refractivity contribution in [3.05, 3.63) is 95.5 Å². The zero-order valence-corrected chi connectivity index (χ0v) is 21.2. The van der Waals surface area contributed by atoms with Gasteiger partial charge in [0.2, 0.25) is 0 Å². The van der Waals surface area contributed by atoms with E-state index in [4.69, 9.17) is 5.84 Å². The number of halogens is 3. The largest absolute Gasteiger partial charge is 0.416 e. The predicted octanol–water partition coefficient (Wildman–Crippen LogP) is 4.39. The first-order valence-corrected chi connectivity index (χ1v) is 11.5. The Balaban J connectivity index is 1.63. The van der Waals surface area contributed by atoms with Gasteiger partial charge in [0.05, 0.1) is 35.2 Å². The fourth-order valence-electron chi connectivity index (χ4n) is 3.84. The van der Waals surface area contributed by atoms with E-state index >= 15 is 0 Å². The summed E-state index contributed by atoms with van der Waals surface area (Å²) in [6, 6.07) is 8.22. The van der Waals surface area contributed by atoms with Crippen LogP contribution in [0.25, 0.3) is 11.4 Å². The summed E-state index contributed by atoms with van der Waals surface area (Å²) in [5.74, 6) is 5.73. The second-order valence-electron chi connectivity index (χ2n) is 8.75. The molecule has 0 aliphatic rings. The Morgan fingerprint density at radius 3 is 2.47 bits per heavy atom. The number of alkyl halides is 3. The van der Waals surface area contributed by atoms with Gasteiger partial charge in [-0.25, -0.2) is 10.8 Å². The van der Waals surface area contributed by atoms with Crippen molar-refractivity contribution in [2.24, 2.45) is 12.9 Å². The fourth-order valence-corrected chi connectivity index (χ4v) is 3.84. The van der Waals surface area contributed by atoms with E-state index in [9.17, 15) is 18.0 Å². The molecule has 0 aliphatic carbocycles. The van der Waals surface area contributed by atoms with Crippen molar-refractivity contribution in [2.45, 2.75) is 20.0 Å². The van der Waals surface area contributed by atoms with Crippen LogP contribution in [0.1, 0.15) is 32.7 Å². The Morgan fingerprint density at radius 2 is 1.87 bits per heavy atom. The highest BCUT2D eigenvalue weighted by Crippen LogP contribution is 2.33. The lowest BCUT2D eigenvalue weighted by Crippen LogP contribution is -2.27. The van der Waals surface area contributed by atoms with Gasteiger partial charge in [0, 0.05) is 55.2 Å². The van der Waals surface area contributed by atoms with Crippen LogP contribution in [0.3, 0.4) is 0 Å². The third kappa shape index (κ3) is 5.86. The number of anilines is 2. The van der Waals surface area contributed by atoms with Crippen molar-refractivity contribution in [2.75, 3.05) is 17.4 Å². The van der Waals surface area contributed by atoms with Crippen molar-refractivity contribution in [1.82, 2.24) is 24.6 Å². The van der Waals surface area contributed by atoms with Crippen LogP contribution in [-0.4, -0.2) is 32.3 Å². The standard InChI is InChI=1S/C26H27F3N8O/c1-16-5-6-18(7-24(16)37(30)14-23(31-3)19-11-33-35(4)13-19)25(38)34-21-8-20(26(27,28)29)9-22(10-21)36-12-17(2)32-15-36/h5-15,31H,30H2,1-4H3,(H,34,38)/b23-14-. The molecule has 0 saturated carbocycles. The van der Waals surface area contributed by atoms with Crippen molar-refractivity contribution in [1.29, 1.82) is 0 Å². The van der Waals surface area contributed by atoms with Gasteiger partial charge in [-0.1, -0.05) is 6.07 Å². The number of benzene rings is 2. The van der Waals surface area contributed by atoms with Crippen LogP contribution in [0, 0.1) is 13.8 Å². The average Bonchev–Trinajstić information content (AvgIpc) is 3.50. The third-order valence-corrected chi connectivity index (χ3v) is 5.82. The third-order valence-electron chi connectivity index (χ3n) is 5.82. The summed E-state index contributed by atoms with van der Waals surface area (Å²) in [5.41, 5.74) is 3.01. The Kier molecular flexibility index (Phi) is 7.26. The molecule has 12 heteroatoms. The summed E-state index contributed by atoms with van der Waals surface area (Å²) in [7, 11) is 3.55. The van der Waals surface area contributed by atoms with Crippen LogP contribution < -0.4 is 21.5 Å². The molecular weight excluding hydrogens is 497 g/mol. The molecule has 0 aliphatic heterocycles. The smallest absolute Gasteiger partial charge is 0.386 e. The summed E-state index contributed by atoms with van der Waals surface area (Å²) in [6.07, 6.45) is 3.57. The minimum absolute atomic E-state index is 0.00755. The van der Waals surface area contributed by atoms with E-state index in [-0.39, 0.29) is 16.9 Å². The summed E-state index contributed by atoms with van der Waals surface area (Å²) in [5, 5.41) is 11.2. The Hall–Kier alpha value is -4.58. The molecule has 4 rings (SSSR count). The maximum atomic E-state index is 13.6. The molecule has 1 amide bonds. The van der Waals surface area contributed by atoms with Crippen molar-refractivity contribution >= 4 is 23.0 Å². The molecule has 4 aromatic rings. The highest BCUT2D eigenvalue weighted by Gasteiger charge is 2.31. The minimum Gasteiger partial charge on any atom is -0.386 e. The number of imidazole rings is 1. The highest BCUT2D eigenvalue weighted by molar-refractivity contribution is 6.05. The number of nitrogens with one attached hydrogen (secondary N) is 2. The van der Waals surface area contributed by atoms with E-state index < -0.39 is 17.6 Å². The zero-order chi connectivity index (χ0) is 27.6. The molecule has 9 nitrogen and oxygen atoms in total. The second kappa shape index (κ2) is 10.4. The second-order valence-corrected chi connectivity index (χ2v) is 8.75. The summed E-state index contributed by atoms with van der Waals surface area (Å²) >= 11 is 0. The molecule has 2 aromatic heterocycles. The van der Waals surface area contributed by atoms with E-state index in [1.54, 1.807) is 62.5 Å². The molecule has 0 spiro atoms. The molecule has 0 fully saturated rings. The quantitative estimate of drug-likeness (QED) is 0.245. The van der Waals surface area contributed by atoms with E-state index in [1.165, 1.54) is 22.0 Å². The summed E-state index contributed by atoms with van der Waals surface area (Å²) < 4.78 is 43.9. The summed E-state index contributed by atoms with van der Waals surface area (Å²) in [6.45, 7) is 3.56. The van der Waals surface area contributed by atoms with Crippen molar-refractivity contribution in [3.8, 4) is 5.69 Å². The van der Waals surface area contributed by atoms with E-state index in [1.807, 2.05) is 13.1 Å². The van der Waals surface area contributed by atoms with Gasteiger partial charge in [-0.2, -0.15) is 18.3 Å². The Morgan fingerprint density at radius 1 is 1.11 bits per heavy atom. The molecule has 2 aromatic carbocycles. The fraction of sp³-hybridized carbons (Fsp3) is 0.192. The number of hydrazine groups is 1. The molecule has 0 bridgehead atoms. The SMILES string of the molecule is CN/C(=C\N(N)c1cc(C(=O)Nc2cc(-n3cnc(C)c3)cc(C(F)(F)F)c2)ccc1C)c1cnn(C)c1. The lowest BCUT2D eigenvalue weighted by atomic mass is 10.1. The number of hydrogen-bond donors (Lipinski definition) is 3. The minimum atomic E-state index is -4.60. The first kappa shape index (κ1) is 26.5. The molecule has 0 unspecified atom stereocenters. The number of hydrogen-bond acceptors (Lipinski definition) is 6. The topological polar surface area (TPSA) is 106 Å². The Labute approximate surface area is 217 Å². The van der Waals surface area contributed by atoms with Crippen LogP contribution in [0.4, 0.5) is 24.5 Å². The molecule has 0 atom stereocenters. The van der Waals surface area contributed by atoms with Crippen LogP contribution >= 0.6 is 0 Å². The molecule has 38 heavy (non-hydrogen) atoms. The van der Waals surface area contributed by atoms with E-state index in [2.05, 4.69) is 20.7 Å². The number of rotatable bonds is 7. The van der Waals surface area contributed by atoms with Gasteiger partial charge in [0.15, 0.2) is 0 Å². The number of carbonyl (C=O) groups excluding carboxylic acids is 1. The van der Waals surface area contributed by atoms with Gasteiger partial charge in [-0.05, 0) is 49.7 Å². The first-order valence-electron chi connectivity index (χ1n) is 11.5. The average molecular weight is 525 g/mol. The number of aryl methyl sites for hydroxylation is 3. The van der Waals surface area contributed by atoms with Crippen molar-refractivity contribution < 1.29 is 18.0 Å². The molecule has 4 N–H and O–H groups in total. The monoisotopic (exact) mass is 524 g/mol. The predicted molar refractivity (Wildman–Crippen MR) is 139 cm³/mol. The van der Waals surface area contributed by atoms with Gasteiger partial charge < -0.3 is 15.2 Å². The lowest BCUT2D eigenvalue weighted by Gasteiger charge is -2.19. The lowest BCUT2D eigenvalue weighted by molar-refractivity contribution is -0.137. The van der Waals surface area contributed by atoms with E-state index in [0.717, 1.165) is 23.3 Å². The number of nitrogens with zero attached hydrogens (tertiary/aromatic N) is 5. The highest BCUT2D eigenvalue weighted by atomic mass is 19.4. The maximum absolute atomic E-state index is 13.6. The van der Waals surface area contributed by atoms with Gasteiger partial charge >= 0.3 is 6.18 Å². The first-order chi connectivity index (χ1) is 17.9. The molecule has 0 radical (unpaired) electrons. The number of amides is 1. The number of carbonyl (C=O) groups is 1. The van der Waals surface area contributed by atoms with Crippen molar-refractivity contribution in [3.63, 3.8) is 0 Å². The Bertz CT molecular complexity index is 1500. The van der Waals surface area contributed by atoms with Crippen LogP contribution in [0.15, 0.2) is 67.5 Å². The molecule has 2 heterocycles. The molecular formula is C26H27F3N8O. The van der Waals surface area contributed by atoms with Gasteiger partial charge in [0.1, 0.15) is 0 Å². The molecule has 198 valence electrons. The molecule has 0 saturated heterocycles. The zero-order valence-electron chi connectivity index (χ0n) is 21.2. The van der Waals surface area contributed by atoms with Gasteiger partial charge in [-0.15, -0.1) is 0 Å². The maximum Gasteiger partial charge on any atom is 0.416 e. The number of aromatic nitrogens is 4. The van der Waals surface area contributed by atoms with E-state index in [0.29, 0.717) is 17.1 Å². The summed E-state index contributed by atoms with van der Waals surface area (Å²) in [4.78, 5) is 17.2. The normalized spacial score (nSPS) is 11.9. The van der Waals surface area contributed by atoms with Crippen LogP contribution in [-0.2, 0) is 13.2 Å². The van der Waals surface area contributed by atoms with Gasteiger partial charge in [-0.3, -0.25) is 14.5 Å². The van der Waals surface area contributed by atoms with Crippen LogP contribution in [0.2, 0.25) is 0 Å². The van der Waals surface area contributed by atoms with Crippen LogP contribution in [0.5, 0.6) is 0 Å².